The summed E-state index contributed by atoms with van der Waals surface area (Å²) in [6, 6.07) is 7.96. The number of carbonyl (C=O) groups excluding carboxylic acids is 1. The monoisotopic (exact) mass is 295 g/mol. The maximum absolute atomic E-state index is 12.3. The molecule has 0 saturated carbocycles. The molecule has 17 heavy (non-hydrogen) atoms. The number of carbonyl (C=O) groups is 1. The number of hydrogen-bond acceptors (Lipinski definition) is 1. The molecule has 1 unspecified atom stereocenters. The summed E-state index contributed by atoms with van der Waals surface area (Å²) in [5.41, 5.74) is 2.09. The Hall–Kier alpha value is -0.830. The molecule has 0 fully saturated rings. The number of hydrogen-bond donors (Lipinski definition) is 0. The van der Waals surface area contributed by atoms with Crippen LogP contribution in [0.5, 0.6) is 0 Å². The van der Waals surface area contributed by atoms with Crippen LogP contribution in [0.2, 0.25) is 0 Å². The predicted octanol–water partition coefficient (Wildman–Crippen LogP) is 3.11. The lowest BCUT2D eigenvalue weighted by molar-refractivity contribution is 0.0716. The van der Waals surface area contributed by atoms with Crippen molar-refractivity contribution in [2.24, 2.45) is 5.92 Å². The third-order valence-electron chi connectivity index (χ3n) is 3.46. The van der Waals surface area contributed by atoms with E-state index < -0.39 is 0 Å². The van der Waals surface area contributed by atoms with E-state index in [1.807, 2.05) is 23.1 Å². The van der Waals surface area contributed by atoms with Gasteiger partial charge in [0.05, 0.1) is 0 Å². The van der Waals surface area contributed by atoms with Crippen molar-refractivity contribution in [2.75, 3.05) is 18.4 Å². The summed E-state index contributed by atoms with van der Waals surface area (Å²) < 4.78 is 0. The van der Waals surface area contributed by atoms with E-state index in [0.717, 1.165) is 36.8 Å². The number of fused-ring (bicyclic) bond motifs is 1. The summed E-state index contributed by atoms with van der Waals surface area (Å²) in [5, 5.41) is 0.967. The number of benzene rings is 1. The van der Waals surface area contributed by atoms with Crippen molar-refractivity contribution in [3.05, 3.63) is 35.4 Å². The minimum atomic E-state index is 0.200. The highest BCUT2D eigenvalue weighted by atomic mass is 79.9. The minimum absolute atomic E-state index is 0.200. The fourth-order valence-electron chi connectivity index (χ4n) is 2.25. The Labute approximate surface area is 111 Å². The van der Waals surface area contributed by atoms with Gasteiger partial charge in [-0.25, -0.2) is 0 Å². The predicted molar refractivity (Wildman–Crippen MR) is 73.6 cm³/mol. The lowest BCUT2D eigenvalue weighted by Crippen LogP contribution is -2.40. The first-order chi connectivity index (χ1) is 8.26. The lowest BCUT2D eigenvalue weighted by Gasteiger charge is -2.31. The smallest absolute Gasteiger partial charge is 0.254 e. The molecule has 0 spiro atoms. The van der Waals surface area contributed by atoms with Crippen molar-refractivity contribution >= 4 is 21.8 Å². The Morgan fingerprint density at radius 1 is 1.41 bits per heavy atom. The molecule has 1 amide bonds. The van der Waals surface area contributed by atoms with Crippen LogP contribution in [0, 0.1) is 5.92 Å². The van der Waals surface area contributed by atoms with Gasteiger partial charge in [-0.2, -0.15) is 0 Å². The van der Waals surface area contributed by atoms with Crippen LogP contribution in [-0.2, 0) is 6.42 Å². The molecule has 1 atom stereocenters. The third-order valence-corrected chi connectivity index (χ3v) is 4.38. The van der Waals surface area contributed by atoms with Gasteiger partial charge in [0.15, 0.2) is 0 Å². The van der Waals surface area contributed by atoms with Crippen LogP contribution in [0.25, 0.3) is 0 Å². The highest BCUT2D eigenvalue weighted by Crippen LogP contribution is 2.20. The number of amides is 1. The van der Waals surface area contributed by atoms with E-state index in [0.29, 0.717) is 5.92 Å². The zero-order chi connectivity index (χ0) is 12.3. The van der Waals surface area contributed by atoms with Gasteiger partial charge in [0.25, 0.3) is 5.91 Å². The third kappa shape index (κ3) is 2.71. The van der Waals surface area contributed by atoms with Crippen molar-refractivity contribution in [2.45, 2.75) is 19.8 Å². The first-order valence-corrected chi connectivity index (χ1v) is 7.31. The van der Waals surface area contributed by atoms with E-state index in [2.05, 4.69) is 28.9 Å². The van der Waals surface area contributed by atoms with Crippen molar-refractivity contribution in [1.29, 1.82) is 0 Å². The van der Waals surface area contributed by atoms with Crippen LogP contribution in [0.1, 0.15) is 29.3 Å². The maximum atomic E-state index is 12.3. The molecule has 0 aromatic heterocycles. The molecular formula is C14H18BrNO. The van der Waals surface area contributed by atoms with E-state index in [-0.39, 0.29) is 5.91 Å². The Bertz CT molecular complexity index is 401. The van der Waals surface area contributed by atoms with E-state index >= 15 is 0 Å². The molecule has 92 valence electrons. The highest BCUT2D eigenvalue weighted by molar-refractivity contribution is 9.09. The van der Waals surface area contributed by atoms with Crippen LogP contribution in [-0.4, -0.2) is 29.2 Å². The minimum Gasteiger partial charge on any atom is -0.338 e. The van der Waals surface area contributed by atoms with Gasteiger partial charge >= 0.3 is 0 Å². The van der Waals surface area contributed by atoms with Gasteiger partial charge in [0.2, 0.25) is 0 Å². The standard InChI is InChI=1S/C14H18BrNO/c1-2-11(9-15)10-16-8-7-12-5-3-4-6-13(12)14(16)17/h3-6,11H,2,7-10H2,1H3. The summed E-state index contributed by atoms with van der Waals surface area (Å²) in [4.78, 5) is 14.3. The Morgan fingerprint density at radius 3 is 2.88 bits per heavy atom. The molecule has 2 nitrogen and oxygen atoms in total. The Balaban J connectivity index is 2.12. The Morgan fingerprint density at radius 2 is 2.18 bits per heavy atom. The molecule has 0 bridgehead atoms. The largest absolute Gasteiger partial charge is 0.338 e. The first-order valence-electron chi connectivity index (χ1n) is 6.19. The lowest BCUT2D eigenvalue weighted by atomic mass is 9.98. The number of rotatable bonds is 4. The second kappa shape index (κ2) is 5.67. The second-order valence-electron chi connectivity index (χ2n) is 4.59. The summed E-state index contributed by atoms with van der Waals surface area (Å²) in [7, 11) is 0. The molecule has 0 saturated heterocycles. The molecule has 2 rings (SSSR count). The van der Waals surface area contributed by atoms with E-state index in [1.54, 1.807) is 0 Å². The number of alkyl halides is 1. The van der Waals surface area contributed by atoms with Crippen molar-refractivity contribution in [1.82, 2.24) is 4.90 Å². The maximum Gasteiger partial charge on any atom is 0.254 e. The average Bonchev–Trinajstić information content (AvgIpc) is 2.38. The van der Waals surface area contributed by atoms with Crippen LogP contribution in [0.4, 0.5) is 0 Å². The van der Waals surface area contributed by atoms with Gasteiger partial charge in [-0.05, 0) is 24.0 Å². The van der Waals surface area contributed by atoms with Gasteiger partial charge in [-0.15, -0.1) is 0 Å². The fraction of sp³-hybridized carbons (Fsp3) is 0.500. The zero-order valence-electron chi connectivity index (χ0n) is 10.2. The zero-order valence-corrected chi connectivity index (χ0v) is 11.7. The van der Waals surface area contributed by atoms with Crippen molar-refractivity contribution in [3.63, 3.8) is 0 Å². The summed E-state index contributed by atoms with van der Waals surface area (Å²) >= 11 is 3.52. The van der Waals surface area contributed by atoms with E-state index in [1.165, 1.54) is 5.56 Å². The molecule has 1 aromatic carbocycles. The van der Waals surface area contributed by atoms with Gasteiger partial charge in [0, 0.05) is 24.0 Å². The SMILES string of the molecule is CCC(CBr)CN1CCc2ccccc2C1=O. The fourth-order valence-corrected chi connectivity index (χ4v) is 2.91. The van der Waals surface area contributed by atoms with Gasteiger partial charge in [-0.3, -0.25) is 4.79 Å². The van der Waals surface area contributed by atoms with Crippen molar-refractivity contribution < 1.29 is 4.79 Å². The van der Waals surface area contributed by atoms with Crippen molar-refractivity contribution in [3.8, 4) is 0 Å². The highest BCUT2D eigenvalue weighted by Gasteiger charge is 2.25. The molecule has 3 heteroatoms. The molecule has 0 aliphatic carbocycles. The molecular weight excluding hydrogens is 278 g/mol. The molecule has 0 N–H and O–H groups in total. The first kappa shape index (κ1) is 12.6. The van der Waals surface area contributed by atoms with Crippen LogP contribution >= 0.6 is 15.9 Å². The quantitative estimate of drug-likeness (QED) is 0.782. The Kier molecular flexibility index (Phi) is 4.21. The number of nitrogens with zero attached hydrogens (tertiary/aromatic N) is 1. The van der Waals surface area contributed by atoms with Crippen LogP contribution < -0.4 is 0 Å². The average molecular weight is 296 g/mol. The topological polar surface area (TPSA) is 20.3 Å². The molecule has 1 aliphatic heterocycles. The molecule has 1 heterocycles. The van der Waals surface area contributed by atoms with Gasteiger partial charge in [-0.1, -0.05) is 47.5 Å². The summed E-state index contributed by atoms with van der Waals surface area (Å²) in [5.74, 6) is 0.760. The molecule has 1 aromatic rings. The molecule has 0 radical (unpaired) electrons. The number of halogens is 1. The molecule has 1 aliphatic rings. The van der Waals surface area contributed by atoms with E-state index in [9.17, 15) is 4.79 Å². The van der Waals surface area contributed by atoms with Gasteiger partial charge < -0.3 is 4.90 Å². The van der Waals surface area contributed by atoms with Gasteiger partial charge in [0.1, 0.15) is 0 Å². The van der Waals surface area contributed by atoms with E-state index in [4.69, 9.17) is 0 Å². The normalized spacial score (nSPS) is 16.8. The summed E-state index contributed by atoms with van der Waals surface area (Å²) in [6.45, 7) is 3.91. The summed E-state index contributed by atoms with van der Waals surface area (Å²) in [6.07, 6.45) is 2.09. The van der Waals surface area contributed by atoms with Crippen LogP contribution in [0.3, 0.4) is 0 Å². The second-order valence-corrected chi connectivity index (χ2v) is 5.23. The van der Waals surface area contributed by atoms with Crippen LogP contribution in [0.15, 0.2) is 24.3 Å².